The molecule has 1 atom stereocenters. The van der Waals surface area contributed by atoms with Crippen LogP contribution in [0.15, 0.2) is 42.5 Å². The SMILES string of the molecule is O=C(NCCC(O)c1cccc2ccccc12)C(=O)NC1CC1. The third-order valence-electron chi connectivity index (χ3n) is 4.00. The molecule has 23 heavy (non-hydrogen) atoms. The van der Waals surface area contributed by atoms with Gasteiger partial charge in [0.05, 0.1) is 6.10 Å². The number of aliphatic hydroxyl groups is 1. The molecule has 0 heterocycles. The van der Waals surface area contributed by atoms with E-state index in [2.05, 4.69) is 10.6 Å². The summed E-state index contributed by atoms with van der Waals surface area (Å²) >= 11 is 0. The van der Waals surface area contributed by atoms with Crippen LogP contribution in [-0.2, 0) is 9.59 Å². The predicted octanol–water partition coefficient (Wildman–Crippen LogP) is 1.66. The first-order valence-electron chi connectivity index (χ1n) is 7.89. The summed E-state index contributed by atoms with van der Waals surface area (Å²) in [7, 11) is 0. The minimum atomic E-state index is -0.687. The monoisotopic (exact) mass is 312 g/mol. The van der Waals surface area contributed by atoms with E-state index in [9.17, 15) is 14.7 Å². The van der Waals surface area contributed by atoms with Gasteiger partial charge in [-0.1, -0.05) is 42.5 Å². The zero-order valence-corrected chi connectivity index (χ0v) is 12.8. The molecule has 0 saturated heterocycles. The summed E-state index contributed by atoms with van der Waals surface area (Å²) in [6, 6.07) is 13.8. The normalized spacial score (nSPS) is 15.2. The van der Waals surface area contributed by atoms with Crippen molar-refractivity contribution in [2.75, 3.05) is 6.54 Å². The topological polar surface area (TPSA) is 78.4 Å². The summed E-state index contributed by atoms with van der Waals surface area (Å²) in [5.74, 6) is -1.23. The molecule has 2 aromatic rings. The van der Waals surface area contributed by atoms with E-state index >= 15 is 0 Å². The Morgan fingerprint density at radius 2 is 1.83 bits per heavy atom. The van der Waals surface area contributed by atoms with E-state index < -0.39 is 17.9 Å². The number of rotatable bonds is 5. The highest BCUT2D eigenvalue weighted by atomic mass is 16.3. The van der Waals surface area contributed by atoms with Crippen LogP contribution in [0.3, 0.4) is 0 Å². The lowest BCUT2D eigenvalue weighted by atomic mass is 9.99. The van der Waals surface area contributed by atoms with Gasteiger partial charge in [0.1, 0.15) is 0 Å². The first kappa shape index (κ1) is 15.5. The Bertz CT molecular complexity index is 720. The van der Waals surface area contributed by atoms with E-state index in [1.165, 1.54) is 0 Å². The van der Waals surface area contributed by atoms with Gasteiger partial charge >= 0.3 is 11.8 Å². The highest BCUT2D eigenvalue weighted by Crippen LogP contribution is 2.25. The predicted molar refractivity (Wildman–Crippen MR) is 87.7 cm³/mol. The van der Waals surface area contributed by atoms with Gasteiger partial charge in [-0.2, -0.15) is 0 Å². The van der Waals surface area contributed by atoms with Gasteiger partial charge in [0.15, 0.2) is 0 Å². The largest absolute Gasteiger partial charge is 0.388 e. The zero-order chi connectivity index (χ0) is 16.2. The summed E-state index contributed by atoms with van der Waals surface area (Å²) in [5.41, 5.74) is 0.833. The Balaban J connectivity index is 1.55. The molecule has 120 valence electrons. The van der Waals surface area contributed by atoms with E-state index in [1.807, 2.05) is 42.5 Å². The molecule has 1 saturated carbocycles. The molecule has 1 unspecified atom stereocenters. The minimum absolute atomic E-state index is 0.162. The van der Waals surface area contributed by atoms with Gasteiger partial charge in [0, 0.05) is 12.6 Å². The van der Waals surface area contributed by atoms with Crippen molar-refractivity contribution in [3.8, 4) is 0 Å². The molecular formula is C18H20N2O3. The number of benzene rings is 2. The molecule has 5 nitrogen and oxygen atoms in total. The van der Waals surface area contributed by atoms with E-state index in [0.29, 0.717) is 6.42 Å². The molecule has 0 spiro atoms. The summed E-state index contributed by atoms with van der Waals surface area (Å²) in [6.07, 6.45) is 1.56. The fraction of sp³-hybridized carbons (Fsp3) is 0.333. The van der Waals surface area contributed by atoms with Crippen LogP contribution in [0.4, 0.5) is 0 Å². The Labute approximate surface area is 134 Å². The summed E-state index contributed by atoms with van der Waals surface area (Å²) in [5, 5.41) is 17.6. The van der Waals surface area contributed by atoms with Gasteiger partial charge < -0.3 is 15.7 Å². The molecule has 0 aromatic heterocycles. The fourth-order valence-corrected chi connectivity index (χ4v) is 2.58. The van der Waals surface area contributed by atoms with Crippen molar-refractivity contribution in [3.63, 3.8) is 0 Å². The summed E-state index contributed by atoms with van der Waals surface area (Å²) < 4.78 is 0. The molecule has 1 fully saturated rings. The molecule has 1 aliphatic carbocycles. The average Bonchev–Trinajstić information content (AvgIpc) is 3.38. The van der Waals surface area contributed by atoms with Crippen LogP contribution in [0.5, 0.6) is 0 Å². The van der Waals surface area contributed by atoms with Crippen LogP contribution in [0.25, 0.3) is 10.8 Å². The first-order chi connectivity index (χ1) is 11.1. The maximum atomic E-state index is 11.6. The highest BCUT2D eigenvalue weighted by molar-refractivity contribution is 6.35. The number of fused-ring (bicyclic) bond motifs is 1. The molecular weight excluding hydrogens is 292 g/mol. The number of nitrogens with one attached hydrogen (secondary N) is 2. The maximum absolute atomic E-state index is 11.6. The van der Waals surface area contributed by atoms with Crippen LogP contribution in [0.1, 0.15) is 30.9 Å². The van der Waals surface area contributed by atoms with Gasteiger partial charge in [0.25, 0.3) is 0 Å². The van der Waals surface area contributed by atoms with Crippen LogP contribution < -0.4 is 10.6 Å². The van der Waals surface area contributed by atoms with Gasteiger partial charge in [-0.25, -0.2) is 0 Å². The third-order valence-corrected chi connectivity index (χ3v) is 4.00. The number of carbonyl (C=O) groups is 2. The Kier molecular flexibility index (Phi) is 4.57. The van der Waals surface area contributed by atoms with Crippen LogP contribution in [-0.4, -0.2) is 29.5 Å². The van der Waals surface area contributed by atoms with Gasteiger partial charge in [0.2, 0.25) is 0 Å². The summed E-state index contributed by atoms with van der Waals surface area (Å²) in [6.45, 7) is 0.251. The molecule has 2 aromatic carbocycles. The van der Waals surface area contributed by atoms with Crippen molar-refractivity contribution in [2.24, 2.45) is 0 Å². The standard InChI is InChI=1S/C18H20N2O3/c21-16(10-11-19-17(22)18(23)20-13-8-9-13)15-7-3-5-12-4-1-2-6-14(12)15/h1-7,13,16,21H,8-11H2,(H,19,22)(H,20,23). The average molecular weight is 312 g/mol. The Hall–Kier alpha value is -2.40. The quantitative estimate of drug-likeness (QED) is 0.735. The molecule has 0 aliphatic heterocycles. The van der Waals surface area contributed by atoms with E-state index in [1.54, 1.807) is 0 Å². The lowest BCUT2D eigenvalue weighted by molar-refractivity contribution is -0.139. The van der Waals surface area contributed by atoms with Crippen molar-refractivity contribution < 1.29 is 14.7 Å². The second kappa shape index (κ2) is 6.79. The fourth-order valence-electron chi connectivity index (χ4n) is 2.58. The van der Waals surface area contributed by atoms with Gasteiger partial charge in [-0.3, -0.25) is 9.59 Å². The zero-order valence-electron chi connectivity index (χ0n) is 12.8. The second-order valence-corrected chi connectivity index (χ2v) is 5.88. The van der Waals surface area contributed by atoms with Crippen LogP contribution in [0, 0.1) is 0 Å². The van der Waals surface area contributed by atoms with Gasteiger partial charge in [-0.05, 0) is 35.6 Å². The number of aliphatic hydroxyl groups excluding tert-OH is 1. The smallest absolute Gasteiger partial charge is 0.309 e. The number of hydrogen-bond donors (Lipinski definition) is 3. The molecule has 2 amide bonds. The number of hydrogen-bond acceptors (Lipinski definition) is 3. The molecule has 1 aliphatic rings. The number of carbonyl (C=O) groups excluding carboxylic acids is 2. The van der Waals surface area contributed by atoms with E-state index in [4.69, 9.17) is 0 Å². The molecule has 3 N–H and O–H groups in total. The molecule has 0 radical (unpaired) electrons. The first-order valence-corrected chi connectivity index (χ1v) is 7.89. The van der Waals surface area contributed by atoms with E-state index in [-0.39, 0.29) is 12.6 Å². The van der Waals surface area contributed by atoms with Crippen LogP contribution in [0.2, 0.25) is 0 Å². The van der Waals surface area contributed by atoms with Crippen molar-refractivity contribution in [1.29, 1.82) is 0 Å². The minimum Gasteiger partial charge on any atom is -0.388 e. The van der Waals surface area contributed by atoms with Crippen molar-refractivity contribution in [1.82, 2.24) is 10.6 Å². The van der Waals surface area contributed by atoms with Gasteiger partial charge in [-0.15, -0.1) is 0 Å². The van der Waals surface area contributed by atoms with Crippen molar-refractivity contribution in [3.05, 3.63) is 48.0 Å². The second-order valence-electron chi connectivity index (χ2n) is 5.88. The highest BCUT2D eigenvalue weighted by Gasteiger charge is 2.26. The molecule has 5 heteroatoms. The Morgan fingerprint density at radius 3 is 2.61 bits per heavy atom. The lowest BCUT2D eigenvalue weighted by Crippen LogP contribution is -2.41. The van der Waals surface area contributed by atoms with Crippen LogP contribution >= 0.6 is 0 Å². The third kappa shape index (κ3) is 3.87. The molecule has 3 rings (SSSR count). The Morgan fingerprint density at radius 1 is 1.09 bits per heavy atom. The van der Waals surface area contributed by atoms with E-state index in [0.717, 1.165) is 29.2 Å². The maximum Gasteiger partial charge on any atom is 0.309 e. The van der Waals surface area contributed by atoms with Crippen molar-refractivity contribution >= 4 is 22.6 Å². The molecule has 0 bridgehead atoms. The summed E-state index contributed by atoms with van der Waals surface area (Å²) in [4.78, 5) is 23.2. The number of amides is 2. The lowest BCUT2D eigenvalue weighted by Gasteiger charge is -2.14. The van der Waals surface area contributed by atoms with Crippen molar-refractivity contribution in [2.45, 2.75) is 31.4 Å².